The molecular weight excluding hydrogens is 434 g/mol. The summed E-state index contributed by atoms with van der Waals surface area (Å²) >= 11 is 0. The Morgan fingerprint density at radius 2 is 2.00 bits per heavy atom. The minimum absolute atomic E-state index is 0.0655. The summed E-state index contributed by atoms with van der Waals surface area (Å²) in [5.41, 5.74) is 2.74. The zero-order valence-corrected chi connectivity index (χ0v) is 18.7. The number of rotatable bonds is 6. The van der Waals surface area contributed by atoms with Gasteiger partial charge in [0.1, 0.15) is 6.10 Å². The van der Waals surface area contributed by atoms with Gasteiger partial charge in [-0.3, -0.25) is 14.9 Å². The highest BCUT2D eigenvalue weighted by Gasteiger charge is 2.48. The van der Waals surface area contributed by atoms with Crippen molar-refractivity contribution < 1.29 is 28.0 Å². The number of hydrogen-bond acceptors (Lipinski definition) is 7. The summed E-state index contributed by atoms with van der Waals surface area (Å²) in [6.07, 6.45) is 1.57. The normalized spacial score (nSPS) is 24.2. The second-order valence-electron chi connectivity index (χ2n) is 8.48. The largest absolute Gasteiger partial charge is 0.444 e. The molecule has 0 aromatic heterocycles. The lowest BCUT2D eigenvalue weighted by Crippen LogP contribution is -2.51. The van der Waals surface area contributed by atoms with Gasteiger partial charge in [0.15, 0.2) is 14.6 Å². The van der Waals surface area contributed by atoms with E-state index >= 15 is 0 Å². The SMILES string of the molecule is CC(CC1CN(c2ccc(C#CC3CC(CC#N)C3)cc2)C(=O)O1)(C(=O)NO)S(C)(=O)=O. The van der Waals surface area contributed by atoms with E-state index in [2.05, 4.69) is 17.9 Å². The number of hydroxylamine groups is 1. The van der Waals surface area contributed by atoms with Crippen LogP contribution in [0, 0.1) is 35.0 Å². The van der Waals surface area contributed by atoms with Crippen LogP contribution in [0.4, 0.5) is 10.5 Å². The smallest absolute Gasteiger partial charge is 0.414 e. The summed E-state index contributed by atoms with van der Waals surface area (Å²) in [7, 11) is -3.90. The standard InChI is InChI=1S/C22H25N3O6S/c1-22(20(26)24-28,32(2,29)30)13-19-14-25(21(27)31-19)18-7-5-15(6-8-18)3-4-16-11-17(12-16)9-10-23/h5-8,16-17,19,28H,9,11-14H2,1-2H3,(H,24,26). The maximum absolute atomic E-state index is 12.3. The van der Waals surface area contributed by atoms with Gasteiger partial charge in [-0.1, -0.05) is 11.8 Å². The van der Waals surface area contributed by atoms with E-state index in [1.165, 1.54) is 17.3 Å². The fraction of sp³-hybridized carbons (Fsp3) is 0.500. The molecule has 2 unspecified atom stereocenters. The minimum atomic E-state index is -3.90. The molecule has 10 heteroatoms. The molecule has 0 spiro atoms. The van der Waals surface area contributed by atoms with E-state index < -0.39 is 32.7 Å². The molecule has 2 atom stereocenters. The molecule has 1 saturated heterocycles. The second-order valence-corrected chi connectivity index (χ2v) is 10.9. The fourth-order valence-electron chi connectivity index (χ4n) is 3.86. The first kappa shape index (κ1) is 23.6. The van der Waals surface area contributed by atoms with E-state index in [0.717, 1.165) is 24.7 Å². The Morgan fingerprint density at radius 1 is 1.34 bits per heavy atom. The molecule has 1 aromatic rings. The van der Waals surface area contributed by atoms with Crippen LogP contribution in [0.3, 0.4) is 0 Å². The molecule has 9 nitrogen and oxygen atoms in total. The summed E-state index contributed by atoms with van der Waals surface area (Å²) in [4.78, 5) is 25.7. The number of carbonyl (C=O) groups excluding carboxylic acids is 2. The summed E-state index contributed by atoms with van der Waals surface area (Å²) in [6, 6.07) is 9.20. The Labute approximate surface area is 187 Å². The molecule has 1 aromatic carbocycles. The molecule has 1 saturated carbocycles. The average molecular weight is 460 g/mol. The number of amides is 2. The van der Waals surface area contributed by atoms with Gasteiger partial charge in [0.2, 0.25) is 0 Å². The third-order valence-electron chi connectivity index (χ3n) is 6.11. The Hall–Kier alpha value is -3.08. The van der Waals surface area contributed by atoms with Crippen molar-refractivity contribution in [1.82, 2.24) is 5.48 Å². The molecule has 1 aliphatic carbocycles. The molecule has 0 bridgehead atoms. The van der Waals surface area contributed by atoms with Crippen LogP contribution in [0.2, 0.25) is 0 Å². The molecule has 170 valence electrons. The molecule has 2 fully saturated rings. The van der Waals surface area contributed by atoms with Gasteiger partial charge in [-0.25, -0.2) is 18.7 Å². The number of ether oxygens (including phenoxy) is 1. The second kappa shape index (κ2) is 9.19. The molecule has 1 heterocycles. The third kappa shape index (κ3) is 4.87. The summed E-state index contributed by atoms with van der Waals surface area (Å²) in [5, 5.41) is 17.6. The summed E-state index contributed by atoms with van der Waals surface area (Å²) in [5.74, 6) is 5.99. The van der Waals surface area contributed by atoms with Gasteiger partial charge in [0.25, 0.3) is 5.91 Å². The van der Waals surface area contributed by atoms with Crippen LogP contribution in [-0.4, -0.2) is 49.3 Å². The van der Waals surface area contributed by atoms with E-state index in [-0.39, 0.29) is 13.0 Å². The molecule has 32 heavy (non-hydrogen) atoms. The Bertz CT molecular complexity index is 1090. The average Bonchev–Trinajstić information content (AvgIpc) is 3.08. The number of nitrogens with one attached hydrogen (secondary N) is 1. The zero-order chi connectivity index (χ0) is 23.5. The van der Waals surface area contributed by atoms with Crippen LogP contribution in [0.1, 0.15) is 38.2 Å². The molecular formula is C22H25N3O6S. The summed E-state index contributed by atoms with van der Waals surface area (Å²) in [6.45, 7) is 1.25. The Kier molecular flexibility index (Phi) is 6.77. The first-order chi connectivity index (χ1) is 15.1. The van der Waals surface area contributed by atoms with E-state index in [1.807, 2.05) is 0 Å². The van der Waals surface area contributed by atoms with E-state index in [1.54, 1.807) is 24.3 Å². The van der Waals surface area contributed by atoms with E-state index in [9.17, 15) is 18.0 Å². The predicted octanol–water partition coefficient (Wildman–Crippen LogP) is 2.00. The molecule has 2 amide bonds. The van der Waals surface area contributed by atoms with Crippen molar-refractivity contribution in [1.29, 1.82) is 5.26 Å². The van der Waals surface area contributed by atoms with Gasteiger partial charge < -0.3 is 4.74 Å². The number of nitriles is 1. The van der Waals surface area contributed by atoms with Crippen molar-refractivity contribution >= 4 is 27.5 Å². The number of nitrogens with zero attached hydrogens (tertiary/aromatic N) is 2. The van der Waals surface area contributed by atoms with Gasteiger partial charge in [-0.05, 0) is 49.9 Å². The van der Waals surface area contributed by atoms with Gasteiger partial charge in [0.05, 0.1) is 12.6 Å². The molecule has 2 aliphatic rings. The van der Waals surface area contributed by atoms with Crippen LogP contribution >= 0.6 is 0 Å². The van der Waals surface area contributed by atoms with E-state index in [0.29, 0.717) is 23.9 Å². The Balaban J connectivity index is 1.64. The highest BCUT2D eigenvalue weighted by Crippen LogP contribution is 2.35. The number of cyclic esters (lactones) is 1. The number of anilines is 1. The third-order valence-corrected chi connectivity index (χ3v) is 8.10. The van der Waals surface area contributed by atoms with Crippen LogP contribution in [-0.2, 0) is 19.4 Å². The Morgan fingerprint density at radius 3 is 2.56 bits per heavy atom. The first-order valence-corrected chi connectivity index (χ1v) is 12.1. The zero-order valence-electron chi connectivity index (χ0n) is 17.9. The van der Waals surface area contributed by atoms with Crippen molar-refractivity contribution in [2.45, 2.75) is 43.5 Å². The van der Waals surface area contributed by atoms with Gasteiger partial charge in [0, 0.05) is 36.3 Å². The molecule has 0 radical (unpaired) electrons. The lowest BCUT2D eigenvalue weighted by Gasteiger charge is -2.29. The van der Waals surface area contributed by atoms with Crippen LogP contribution in [0.5, 0.6) is 0 Å². The highest BCUT2D eigenvalue weighted by atomic mass is 32.2. The van der Waals surface area contributed by atoms with Crippen molar-refractivity contribution in [3.8, 4) is 17.9 Å². The van der Waals surface area contributed by atoms with Crippen molar-refractivity contribution in [2.75, 3.05) is 17.7 Å². The quantitative estimate of drug-likeness (QED) is 0.377. The van der Waals surface area contributed by atoms with Crippen LogP contribution in [0.25, 0.3) is 0 Å². The van der Waals surface area contributed by atoms with E-state index in [4.69, 9.17) is 15.2 Å². The van der Waals surface area contributed by atoms with Crippen molar-refractivity contribution in [3.63, 3.8) is 0 Å². The lowest BCUT2D eigenvalue weighted by atomic mass is 9.74. The monoisotopic (exact) mass is 459 g/mol. The maximum Gasteiger partial charge on any atom is 0.414 e. The lowest BCUT2D eigenvalue weighted by molar-refractivity contribution is -0.132. The number of carbonyl (C=O) groups is 2. The number of hydrogen-bond donors (Lipinski definition) is 2. The molecule has 3 rings (SSSR count). The minimum Gasteiger partial charge on any atom is -0.444 e. The van der Waals surface area contributed by atoms with Crippen LogP contribution in [0.15, 0.2) is 24.3 Å². The fourth-order valence-corrected chi connectivity index (χ4v) is 4.73. The highest BCUT2D eigenvalue weighted by molar-refractivity contribution is 7.92. The molecule has 1 aliphatic heterocycles. The summed E-state index contributed by atoms with van der Waals surface area (Å²) < 4.78 is 27.6. The number of benzene rings is 1. The topological polar surface area (TPSA) is 137 Å². The van der Waals surface area contributed by atoms with Gasteiger partial charge in [-0.2, -0.15) is 5.26 Å². The van der Waals surface area contributed by atoms with Crippen molar-refractivity contribution in [3.05, 3.63) is 29.8 Å². The van der Waals surface area contributed by atoms with Crippen molar-refractivity contribution in [2.24, 2.45) is 11.8 Å². The maximum atomic E-state index is 12.3. The first-order valence-electron chi connectivity index (χ1n) is 10.2. The van der Waals surface area contributed by atoms with Gasteiger partial charge >= 0.3 is 6.09 Å². The predicted molar refractivity (Wildman–Crippen MR) is 115 cm³/mol. The van der Waals surface area contributed by atoms with Gasteiger partial charge in [-0.15, -0.1) is 0 Å². The number of sulfone groups is 1. The van der Waals surface area contributed by atoms with Crippen LogP contribution < -0.4 is 10.4 Å². The molecule has 2 N–H and O–H groups in total.